The molecule has 0 aliphatic carbocycles. The van der Waals surface area contributed by atoms with Crippen molar-refractivity contribution in [2.75, 3.05) is 41.7 Å². The second-order valence-electron chi connectivity index (χ2n) is 7.98. The molecule has 2 amide bonds. The van der Waals surface area contributed by atoms with Gasteiger partial charge in [0.25, 0.3) is 0 Å². The fourth-order valence-corrected chi connectivity index (χ4v) is 4.63. The van der Waals surface area contributed by atoms with Gasteiger partial charge in [-0.25, -0.2) is 14.8 Å². The minimum atomic E-state index is -0.371. The molecular formula is C25H25N7OS. The summed E-state index contributed by atoms with van der Waals surface area (Å²) in [6.07, 6.45) is 3.44. The molecule has 0 bridgehead atoms. The normalized spacial score (nSPS) is 14.1. The lowest BCUT2D eigenvalue weighted by Crippen LogP contribution is -2.46. The zero-order valence-corrected chi connectivity index (χ0v) is 19.4. The Kier molecular flexibility index (Phi) is 6.73. The Labute approximate surface area is 202 Å². The Morgan fingerprint density at radius 1 is 0.853 bits per heavy atom. The Hall–Kier alpha value is -3.82. The predicted octanol–water partition coefficient (Wildman–Crippen LogP) is 4.57. The van der Waals surface area contributed by atoms with E-state index >= 15 is 0 Å². The average Bonchev–Trinajstić information content (AvgIpc) is 3.34. The Morgan fingerprint density at radius 2 is 1.62 bits per heavy atom. The van der Waals surface area contributed by atoms with Gasteiger partial charge in [-0.3, -0.25) is 20.5 Å². The quantitative estimate of drug-likeness (QED) is 0.429. The van der Waals surface area contributed by atoms with Gasteiger partial charge in [-0.2, -0.15) is 0 Å². The van der Waals surface area contributed by atoms with Crippen molar-refractivity contribution < 1.29 is 4.79 Å². The number of hydrogen-bond acceptors (Lipinski definition) is 7. The fraction of sp³-hybridized carbons (Fsp3) is 0.200. The lowest BCUT2D eigenvalue weighted by molar-refractivity contribution is 0.249. The lowest BCUT2D eigenvalue weighted by Gasteiger charge is -2.35. The summed E-state index contributed by atoms with van der Waals surface area (Å²) in [6, 6.07) is 19.6. The minimum Gasteiger partial charge on any atom is -0.354 e. The third kappa shape index (κ3) is 5.56. The number of hydrogen-bond donors (Lipinski definition) is 2. The van der Waals surface area contributed by atoms with Gasteiger partial charge < -0.3 is 4.90 Å². The van der Waals surface area contributed by atoms with Crippen LogP contribution in [0.15, 0.2) is 78.4 Å². The third-order valence-electron chi connectivity index (χ3n) is 5.59. The smallest absolute Gasteiger partial charge is 0.326 e. The van der Waals surface area contributed by atoms with Crippen LogP contribution >= 0.6 is 11.3 Å². The van der Waals surface area contributed by atoms with Crippen LogP contribution in [0, 0.1) is 0 Å². The molecule has 0 atom stereocenters. The minimum absolute atomic E-state index is 0.371. The number of carbonyl (C=O) groups is 1. The molecule has 0 radical (unpaired) electrons. The van der Waals surface area contributed by atoms with E-state index in [0.717, 1.165) is 49.1 Å². The van der Waals surface area contributed by atoms with Crippen molar-refractivity contribution in [3.05, 3.63) is 84.0 Å². The Morgan fingerprint density at radius 3 is 2.41 bits per heavy atom. The fourth-order valence-electron chi connectivity index (χ4n) is 3.87. The van der Waals surface area contributed by atoms with Crippen LogP contribution in [0.2, 0.25) is 0 Å². The van der Waals surface area contributed by atoms with Crippen molar-refractivity contribution in [3.8, 4) is 10.6 Å². The van der Waals surface area contributed by atoms with Gasteiger partial charge in [0.2, 0.25) is 0 Å². The van der Waals surface area contributed by atoms with Crippen LogP contribution in [-0.4, -0.2) is 52.1 Å². The second-order valence-corrected chi connectivity index (χ2v) is 8.84. The molecule has 4 heterocycles. The molecule has 1 fully saturated rings. The first-order valence-electron chi connectivity index (χ1n) is 11.2. The highest BCUT2D eigenvalue weighted by molar-refractivity contribution is 7.13. The molecule has 3 aromatic heterocycles. The summed E-state index contributed by atoms with van der Waals surface area (Å²) in [5.74, 6) is 1.87. The van der Waals surface area contributed by atoms with Gasteiger partial charge in [-0.05, 0) is 29.8 Å². The number of amides is 2. The first-order valence-corrected chi connectivity index (χ1v) is 12.0. The van der Waals surface area contributed by atoms with Gasteiger partial charge in [-0.1, -0.05) is 36.4 Å². The highest BCUT2D eigenvalue weighted by atomic mass is 32.1. The molecule has 5 rings (SSSR count). The highest BCUT2D eigenvalue weighted by Crippen LogP contribution is 2.25. The zero-order valence-electron chi connectivity index (χ0n) is 18.6. The number of piperazine rings is 1. The molecule has 9 heteroatoms. The summed E-state index contributed by atoms with van der Waals surface area (Å²) >= 11 is 1.46. The average molecular weight is 472 g/mol. The number of rotatable bonds is 6. The summed E-state index contributed by atoms with van der Waals surface area (Å²) in [7, 11) is 0. The van der Waals surface area contributed by atoms with Crippen LogP contribution in [0.4, 0.5) is 22.2 Å². The van der Waals surface area contributed by atoms with E-state index in [1.54, 1.807) is 18.5 Å². The van der Waals surface area contributed by atoms with E-state index in [9.17, 15) is 4.79 Å². The van der Waals surface area contributed by atoms with Gasteiger partial charge in [0.1, 0.15) is 22.5 Å². The summed E-state index contributed by atoms with van der Waals surface area (Å²) in [5, 5.41) is 8.24. The van der Waals surface area contributed by atoms with Crippen LogP contribution in [0.5, 0.6) is 0 Å². The number of urea groups is 1. The second kappa shape index (κ2) is 10.4. The van der Waals surface area contributed by atoms with Crippen LogP contribution < -0.4 is 15.5 Å². The standard InChI is InChI=1S/C25H25N7OS/c33-25(30-22-18-34-24(28-22)20-9-11-26-12-10-20)29-21-7-4-8-23(27-21)32-15-13-31(14-16-32)17-19-5-2-1-3-6-19/h1-12,18H,13-17H2,(H2,27,29,30,33). The molecule has 0 saturated carbocycles. The number of thiazole rings is 1. The van der Waals surface area contributed by atoms with E-state index in [2.05, 4.69) is 59.7 Å². The summed E-state index contributed by atoms with van der Waals surface area (Å²) in [5.41, 5.74) is 2.30. The molecule has 1 aliphatic heterocycles. The Balaban J connectivity index is 1.15. The van der Waals surface area contributed by atoms with Crippen molar-refractivity contribution in [1.82, 2.24) is 19.9 Å². The van der Waals surface area contributed by atoms with Crippen LogP contribution in [0.1, 0.15) is 5.56 Å². The molecule has 0 spiro atoms. The lowest BCUT2D eigenvalue weighted by atomic mass is 10.2. The van der Waals surface area contributed by atoms with Crippen molar-refractivity contribution in [2.24, 2.45) is 0 Å². The first kappa shape index (κ1) is 22.0. The predicted molar refractivity (Wildman–Crippen MR) is 136 cm³/mol. The first-order chi connectivity index (χ1) is 16.7. The number of pyridine rings is 2. The number of nitrogens with one attached hydrogen (secondary N) is 2. The topological polar surface area (TPSA) is 86.3 Å². The van der Waals surface area contributed by atoms with Gasteiger partial charge >= 0.3 is 6.03 Å². The maximum Gasteiger partial charge on any atom is 0.326 e. The molecule has 0 unspecified atom stereocenters. The number of anilines is 3. The van der Waals surface area contributed by atoms with Crippen LogP contribution in [0.3, 0.4) is 0 Å². The molecule has 172 valence electrons. The monoisotopic (exact) mass is 471 g/mol. The molecule has 4 aromatic rings. The number of carbonyl (C=O) groups excluding carboxylic acids is 1. The van der Waals surface area contributed by atoms with E-state index in [0.29, 0.717) is 11.6 Å². The summed E-state index contributed by atoms with van der Waals surface area (Å²) in [6.45, 7) is 4.69. The van der Waals surface area contributed by atoms with Crippen molar-refractivity contribution in [3.63, 3.8) is 0 Å². The molecule has 1 saturated heterocycles. The van der Waals surface area contributed by atoms with Crippen molar-refractivity contribution in [2.45, 2.75) is 6.54 Å². The SMILES string of the molecule is O=C(Nc1cccc(N2CCN(Cc3ccccc3)CC2)n1)Nc1csc(-c2ccncc2)n1. The summed E-state index contributed by atoms with van der Waals surface area (Å²) < 4.78 is 0. The van der Waals surface area contributed by atoms with Crippen LogP contribution in [-0.2, 0) is 6.54 Å². The maximum absolute atomic E-state index is 12.5. The molecule has 8 nitrogen and oxygen atoms in total. The molecule has 1 aromatic carbocycles. The number of benzene rings is 1. The van der Waals surface area contributed by atoms with Crippen molar-refractivity contribution >= 4 is 34.8 Å². The van der Waals surface area contributed by atoms with E-state index in [-0.39, 0.29) is 6.03 Å². The van der Waals surface area contributed by atoms with Gasteiger partial charge in [0, 0.05) is 56.1 Å². The van der Waals surface area contributed by atoms with Crippen molar-refractivity contribution in [1.29, 1.82) is 0 Å². The molecule has 34 heavy (non-hydrogen) atoms. The van der Waals surface area contributed by atoms with Gasteiger partial charge in [-0.15, -0.1) is 11.3 Å². The Bertz CT molecular complexity index is 1220. The highest BCUT2D eigenvalue weighted by Gasteiger charge is 2.18. The van der Waals surface area contributed by atoms with E-state index < -0.39 is 0 Å². The number of nitrogens with zero attached hydrogens (tertiary/aromatic N) is 5. The van der Waals surface area contributed by atoms with Gasteiger partial charge in [0.05, 0.1) is 0 Å². The number of aromatic nitrogens is 3. The van der Waals surface area contributed by atoms with Crippen LogP contribution in [0.25, 0.3) is 10.6 Å². The van der Waals surface area contributed by atoms with Gasteiger partial charge in [0.15, 0.2) is 0 Å². The van der Waals surface area contributed by atoms with E-state index in [1.165, 1.54) is 16.9 Å². The third-order valence-corrected chi connectivity index (χ3v) is 6.49. The molecule has 1 aliphatic rings. The zero-order chi connectivity index (χ0) is 23.2. The largest absolute Gasteiger partial charge is 0.354 e. The molecular weight excluding hydrogens is 446 g/mol. The summed E-state index contributed by atoms with van der Waals surface area (Å²) in [4.78, 5) is 30.4. The maximum atomic E-state index is 12.5. The van der Waals surface area contributed by atoms with E-state index in [1.807, 2.05) is 35.7 Å². The molecule has 2 N–H and O–H groups in total. The van der Waals surface area contributed by atoms with E-state index in [4.69, 9.17) is 0 Å².